The van der Waals surface area contributed by atoms with Gasteiger partial charge in [-0.05, 0) is 42.8 Å². The summed E-state index contributed by atoms with van der Waals surface area (Å²) in [6, 6.07) is 14.8. The van der Waals surface area contributed by atoms with Gasteiger partial charge in [0.2, 0.25) is 5.91 Å². The summed E-state index contributed by atoms with van der Waals surface area (Å²) < 4.78 is 29.4. The van der Waals surface area contributed by atoms with Gasteiger partial charge in [0, 0.05) is 18.0 Å². The van der Waals surface area contributed by atoms with Crippen LogP contribution in [0.3, 0.4) is 0 Å². The molecule has 9 heteroatoms. The van der Waals surface area contributed by atoms with E-state index in [1.54, 1.807) is 18.5 Å². The fraction of sp³-hybridized carbons (Fsp3) is 0.0909. The van der Waals surface area contributed by atoms with E-state index in [4.69, 9.17) is 0 Å². The van der Waals surface area contributed by atoms with Crippen LogP contribution in [0.1, 0.15) is 5.56 Å². The van der Waals surface area contributed by atoms with E-state index in [0.717, 1.165) is 40.7 Å². The van der Waals surface area contributed by atoms with E-state index in [1.165, 1.54) is 6.07 Å². The van der Waals surface area contributed by atoms with Crippen LogP contribution in [0.25, 0.3) is 17.1 Å². The Bertz CT molecular complexity index is 1210. The Kier molecular flexibility index (Phi) is 6.03. The first-order chi connectivity index (χ1) is 15.0. The third kappa shape index (κ3) is 4.46. The largest absolute Gasteiger partial charge is 0.320 e. The van der Waals surface area contributed by atoms with Crippen molar-refractivity contribution in [2.75, 3.05) is 11.1 Å². The molecule has 156 valence electrons. The first kappa shape index (κ1) is 20.7. The van der Waals surface area contributed by atoms with Crippen molar-refractivity contribution in [2.24, 2.45) is 0 Å². The molecule has 4 rings (SSSR count). The summed E-state index contributed by atoms with van der Waals surface area (Å²) in [5.41, 5.74) is 2.15. The highest BCUT2D eigenvalue weighted by molar-refractivity contribution is 7.99. The molecular formula is C22H17F2N5OS. The SMILES string of the molecule is Cc1ccccc1-n1c(SCC(=O)Nc2c(F)cccc2F)nnc1-c1cccnc1. The molecule has 6 nitrogen and oxygen atoms in total. The molecule has 0 spiro atoms. The number of aryl methyl sites for hydroxylation is 1. The number of amides is 1. The summed E-state index contributed by atoms with van der Waals surface area (Å²) in [6.45, 7) is 1.96. The molecule has 0 aliphatic rings. The number of nitrogens with one attached hydrogen (secondary N) is 1. The van der Waals surface area contributed by atoms with Gasteiger partial charge in [-0.25, -0.2) is 8.78 Å². The van der Waals surface area contributed by atoms with E-state index in [-0.39, 0.29) is 5.75 Å². The molecular weight excluding hydrogens is 420 g/mol. The lowest BCUT2D eigenvalue weighted by Gasteiger charge is -2.13. The fourth-order valence-corrected chi connectivity index (χ4v) is 3.74. The molecule has 0 aliphatic carbocycles. The fourth-order valence-electron chi connectivity index (χ4n) is 3.00. The normalized spacial score (nSPS) is 10.8. The summed E-state index contributed by atoms with van der Waals surface area (Å²) in [7, 11) is 0. The van der Waals surface area contributed by atoms with Gasteiger partial charge in [-0.15, -0.1) is 10.2 Å². The molecule has 1 amide bonds. The quantitative estimate of drug-likeness (QED) is 0.445. The molecule has 0 fully saturated rings. The zero-order valence-electron chi connectivity index (χ0n) is 16.4. The maximum atomic E-state index is 13.8. The molecule has 0 unspecified atom stereocenters. The number of carbonyl (C=O) groups is 1. The minimum Gasteiger partial charge on any atom is -0.320 e. The van der Waals surface area contributed by atoms with Crippen LogP contribution in [0.2, 0.25) is 0 Å². The minimum atomic E-state index is -0.833. The van der Waals surface area contributed by atoms with Crippen molar-refractivity contribution in [1.82, 2.24) is 19.7 Å². The van der Waals surface area contributed by atoms with Crippen LogP contribution in [0.5, 0.6) is 0 Å². The molecule has 1 N–H and O–H groups in total. The van der Waals surface area contributed by atoms with E-state index in [2.05, 4.69) is 20.5 Å². The highest BCUT2D eigenvalue weighted by Gasteiger charge is 2.19. The van der Waals surface area contributed by atoms with Crippen LogP contribution in [-0.4, -0.2) is 31.4 Å². The summed E-state index contributed by atoms with van der Waals surface area (Å²) >= 11 is 1.12. The van der Waals surface area contributed by atoms with Crippen LogP contribution in [0.15, 0.2) is 72.1 Å². The second kappa shape index (κ2) is 9.05. The highest BCUT2D eigenvalue weighted by Crippen LogP contribution is 2.29. The number of halogens is 2. The van der Waals surface area contributed by atoms with Crippen molar-refractivity contribution in [3.63, 3.8) is 0 Å². The van der Waals surface area contributed by atoms with Gasteiger partial charge in [-0.1, -0.05) is 36.0 Å². The van der Waals surface area contributed by atoms with Crippen LogP contribution in [-0.2, 0) is 4.79 Å². The monoisotopic (exact) mass is 437 g/mol. The van der Waals surface area contributed by atoms with E-state index in [1.807, 2.05) is 41.8 Å². The van der Waals surface area contributed by atoms with Crippen molar-refractivity contribution in [3.05, 3.63) is 84.2 Å². The number of thioether (sulfide) groups is 1. The van der Waals surface area contributed by atoms with Crippen molar-refractivity contribution in [3.8, 4) is 17.1 Å². The summed E-state index contributed by atoms with van der Waals surface area (Å²) in [4.78, 5) is 16.5. The number of aromatic nitrogens is 4. The standard InChI is InChI=1S/C22H17F2N5OS/c1-14-6-2-3-10-18(14)29-21(15-7-5-11-25-12-15)27-28-22(29)31-13-19(30)26-20-16(23)8-4-9-17(20)24/h2-12H,13H2,1H3,(H,26,30). The first-order valence-electron chi connectivity index (χ1n) is 9.33. The third-order valence-electron chi connectivity index (χ3n) is 4.47. The number of nitrogens with zero attached hydrogens (tertiary/aromatic N) is 4. The maximum Gasteiger partial charge on any atom is 0.235 e. The lowest BCUT2D eigenvalue weighted by Crippen LogP contribution is -2.16. The number of rotatable bonds is 6. The lowest BCUT2D eigenvalue weighted by atomic mass is 10.2. The van der Waals surface area contributed by atoms with E-state index >= 15 is 0 Å². The Labute approximate surface area is 181 Å². The Morgan fingerprint density at radius 2 is 1.81 bits per heavy atom. The second-order valence-corrected chi connectivity index (χ2v) is 7.55. The van der Waals surface area contributed by atoms with Gasteiger partial charge in [0.05, 0.1) is 11.4 Å². The predicted octanol–water partition coefficient (Wildman–Crippen LogP) is 4.65. The van der Waals surface area contributed by atoms with Gasteiger partial charge in [-0.2, -0.15) is 0 Å². The lowest BCUT2D eigenvalue weighted by molar-refractivity contribution is -0.113. The number of benzene rings is 2. The maximum absolute atomic E-state index is 13.8. The number of para-hydroxylation sites is 2. The molecule has 0 atom stereocenters. The third-order valence-corrected chi connectivity index (χ3v) is 5.40. The Morgan fingerprint density at radius 1 is 1.03 bits per heavy atom. The van der Waals surface area contributed by atoms with Gasteiger partial charge in [0.25, 0.3) is 0 Å². The zero-order chi connectivity index (χ0) is 21.8. The molecule has 4 aromatic rings. The van der Waals surface area contributed by atoms with E-state index in [0.29, 0.717) is 11.0 Å². The average molecular weight is 437 g/mol. The molecule has 0 radical (unpaired) electrons. The van der Waals surface area contributed by atoms with Crippen LogP contribution >= 0.6 is 11.8 Å². The van der Waals surface area contributed by atoms with Crippen molar-refractivity contribution in [1.29, 1.82) is 0 Å². The van der Waals surface area contributed by atoms with Crippen molar-refractivity contribution in [2.45, 2.75) is 12.1 Å². The molecule has 0 bridgehead atoms. The molecule has 0 aliphatic heterocycles. The van der Waals surface area contributed by atoms with Gasteiger partial charge in [0.1, 0.15) is 17.3 Å². The summed E-state index contributed by atoms with van der Waals surface area (Å²) in [5.74, 6) is -1.76. The number of anilines is 1. The zero-order valence-corrected chi connectivity index (χ0v) is 17.2. The molecule has 2 heterocycles. The molecule has 31 heavy (non-hydrogen) atoms. The Hall–Kier alpha value is -3.59. The molecule has 0 saturated carbocycles. The summed E-state index contributed by atoms with van der Waals surface area (Å²) in [6.07, 6.45) is 3.35. The number of hydrogen-bond donors (Lipinski definition) is 1. The molecule has 2 aromatic heterocycles. The van der Waals surface area contributed by atoms with Crippen LogP contribution in [0, 0.1) is 18.6 Å². The second-order valence-electron chi connectivity index (χ2n) is 6.60. The van der Waals surface area contributed by atoms with Gasteiger partial charge in [-0.3, -0.25) is 14.3 Å². The predicted molar refractivity (Wildman–Crippen MR) is 115 cm³/mol. The summed E-state index contributed by atoms with van der Waals surface area (Å²) in [5, 5.41) is 11.3. The number of carbonyl (C=O) groups excluding carboxylic acids is 1. The highest BCUT2D eigenvalue weighted by atomic mass is 32.2. The first-order valence-corrected chi connectivity index (χ1v) is 10.3. The van der Waals surface area contributed by atoms with Crippen molar-refractivity contribution < 1.29 is 13.6 Å². The Balaban J connectivity index is 1.62. The topological polar surface area (TPSA) is 72.7 Å². The van der Waals surface area contributed by atoms with Crippen molar-refractivity contribution >= 4 is 23.4 Å². The van der Waals surface area contributed by atoms with E-state index in [9.17, 15) is 13.6 Å². The Morgan fingerprint density at radius 3 is 2.52 bits per heavy atom. The van der Waals surface area contributed by atoms with Gasteiger partial charge >= 0.3 is 0 Å². The van der Waals surface area contributed by atoms with Gasteiger partial charge in [0.15, 0.2) is 11.0 Å². The number of pyridine rings is 1. The van der Waals surface area contributed by atoms with Crippen LogP contribution in [0.4, 0.5) is 14.5 Å². The minimum absolute atomic E-state index is 0.106. The number of hydrogen-bond acceptors (Lipinski definition) is 5. The van der Waals surface area contributed by atoms with Gasteiger partial charge < -0.3 is 5.32 Å². The molecule has 2 aromatic carbocycles. The average Bonchev–Trinajstić information content (AvgIpc) is 3.19. The van der Waals surface area contributed by atoms with Crippen LogP contribution < -0.4 is 5.32 Å². The smallest absolute Gasteiger partial charge is 0.235 e. The van der Waals surface area contributed by atoms with E-state index < -0.39 is 23.2 Å². The molecule has 0 saturated heterocycles.